The van der Waals surface area contributed by atoms with Gasteiger partial charge in [-0.2, -0.15) is 0 Å². The van der Waals surface area contributed by atoms with E-state index < -0.39 is 28.5 Å². The van der Waals surface area contributed by atoms with Crippen molar-refractivity contribution in [1.29, 1.82) is 0 Å². The maximum atomic E-state index is 13.5. The first-order chi connectivity index (χ1) is 15.1. The molecule has 0 radical (unpaired) electrons. The summed E-state index contributed by atoms with van der Waals surface area (Å²) in [5, 5.41) is 3.15. The third kappa shape index (κ3) is 6.46. The van der Waals surface area contributed by atoms with E-state index in [4.69, 9.17) is 11.6 Å². The number of sulfonamides is 1. The highest BCUT2D eigenvalue weighted by Crippen LogP contribution is 2.24. The molecular weight excluding hydrogens is 450 g/mol. The molecule has 32 heavy (non-hydrogen) atoms. The number of carbonyl (C=O) groups is 2. The zero-order valence-electron chi connectivity index (χ0n) is 18.8. The molecule has 0 saturated heterocycles. The molecule has 0 saturated carbocycles. The Hall–Kier alpha value is -2.58. The van der Waals surface area contributed by atoms with E-state index in [9.17, 15) is 18.0 Å². The largest absolute Gasteiger partial charge is 0.357 e. The summed E-state index contributed by atoms with van der Waals surface area (Å²) in [5.74, 6) is -0.776. The van der Waals surface area contributed by atoms with Crippen LogP contribution in [0, 0.1) is 0 Å². The van der Waals surface area contributed by atoms with Crippen molar-refractivity contribution < 1.29 is 18.0 Å². The minimum absolute atomic E-state index is 0.148. The van der Waals surface area contributed by atoms with Crippen molar-refractivity contribution in [2.45, 2.75) is 39.3 Å². The highest BCUT2D eigenvalue weighted by atomic mass is 35.5. The monoisotopic (exact) mass is 479 g/mol. The van der Waals surface area contributed by atoms with Crippen molar-refractivity contribution in [2.75, 3.05) is 24.2 Å². The van der Waals surface area contributed by atoms with Gasteiger partial charge < -0.3 is 10.2 Å². The van der Waals surface area contributed by atoms with E-state index in [0.717, 1.165) is 21.7 Å². The Morgan fingerprint density at radius 1 is 1.06 bits per heavy atom. The summed E-state index contributed by atoms with van der Waals surface area (Å²) in [6, 6.07) is 13.3. The Balaban J connectivity index is 2.45. The second-order valence-electron chi connectivity index (χ2n) is 7.44. The van der Waals surface area contributed by atoms with E-state index >= 15 is 0 Å². The lowest BCUT2D eigenvalue weighted by Gasteiger charge is -2.33. The molecule has 0 spiro atoms. The molecule has 0 heterocycles. The molecule has 0 aliphatic carbocycles. The number of benzene rings is 2. The van der Waals surface area contributed by atoms with Crippen LogP contribution in [0.1, 0.15) is 31.4 Å². The van der Waals surface area contributed by atoms with Crippen LogP contribution in [0.5, 0.6) is 0 Å². The molecule has 1 atom stereocenters. The standard InChI is InChI=1S/C23H30ClN3O4S/c1-5-18-9-7-8-10-21(18)27(32(4,30)31)16-22(28)26(20(6-2)23(29)25-3)15-17-11-13-19(24)14-12-17/h7-14,20H,5-6,15-16H2,1-4H3,(H,25,29). The Bertz CT molecular complexity index is 1040. The van der Waals surface area contributed by atoms with Gasteiger partial charge in [0.25, 0.3) is 0 Å². The van der Waals surface area contributed by atoms with Gasteiger partial charge in [-0.1, -0.05) is 55.8 Å². The van der Waals surface area contributed by atoms with Gasteiger partial charge in [0, 0.05) is 18.6 Å². The van der Waals surface area contributed by atoms with Crippen LogP contribution in [0.2, 0.25) is 5.02 Å². The number of nitrogens with zero attached hydrogens (tertiary/aromatic N) is 2. The van der Waals surface area contributed by atoms with Crippen molar-refractivity contribution in [2.24, 2.45) is 0 Å². The third-order valence-electron chi connectivity index (χ3n) is 5.22. The van der Waals surface area contributed by atoms with E-state index in [1.807, 2.05) is 26.0 Å². The van der Waals surface area contributed by atoms with Gasteiger partial charge in [-0.3, -0.25) is 13.9 Å². The van der Waals surface area contributed by atoms with Crippen LogP contribution in [-0.2, 0) is 32.6 Å². The Morgan fingerprint density at radius 2 is 1.69 bits per heavy atom. The molecular formula is C23H30ClN3O4S. The highest BCUT2D eigenvalue weighted by molar-refractivity contribution is 7.92. The normalized spacial score (nSPS) is 12.2. The SMILES string of the molecule is CCc1ccccc1N(CC(=O)N(Cc1ccc(Cl)cc1)C(CC)C(=O)NC)S(C)(=O)=O. The summed E-state index contributed by atoms with van der Waals surface area (Å²) in [6.07, 6.45) is 2.07. The zero-order chi connectivity index (χ0) is 23.9. The number of halogens is 1. The minimum Gasteiger partial charge on any atom is -0.357 e. The molecule has 2 rings (SSSR count). The Kier molecular flexibility index (Phi) is 9.09. The number of carbonyl (C=O) groups excluding carboxylic acids is 2. The zero-order valence-corrected chi connectivity index (χ0v) is 20.4. The van der Waals surface area contributed by atoms with E-state index in [2.05, 4.69) is 5.32 Å². The minimum atomic E-state index is -3.75. The second kappa shape index (κ2) is 11.3. The maximum absolute atomic E-state index is 13.5. The first-order valence-electron chi connectivity index (χ1n) is 10.4. The molecule has 1 unspecified atom stereocenters. The molecule has 0 bridgehead atoms. The second-order valence-corrected chi connectivity index (χ2v) is 9.78. The van der Waals surface area contributed by atoms with Gasteiger partial charge in [0.1, 0.15) is 12.6 Å². The number of para-hydroxylation sites is 1. The van der Waals surface area contributed by atoms with Crippen LogP contribution >= 0.6 is 11.6 Å². The number of anilines is 1. The van der Waals surface area contributed by atoms with Crippen LogP contribution in [-0.4, -0.2) is 51.0 Å². The number of hydrogen-bond donors (Lipinski definition) is 1. The molecule has 2 aromatic rings. The number of rotatable bonds is 10. The molecule has 2 aromatic carbocycles. The van der Waals surface area contributed by atoms with Crippen molar-refractivity contribution in [3.05, 3.63) is 64.7 Å². The summed E-state index contributed by atoms with van der Waals surface area (Å²) in [4.78, 5) is 27.4. The molecule has 0 aliphatic rings. The summed E-state index contributed by atoms with van der Waals surface area (Å²) >= 11 is 5.97. The number of hydrogen-bond acceptors (Lipinski definition) is 4. The molecule has 2 amide bonds. The third-order valence-corrected chi connectivity index (χ3v) is 6.60. The average Bonchev–Trinajstić information content (AvgIpc) is 2.77. The van der Waals surface area contributed by atoms with E-state index in [0.29, 0.717) is 23.6 Å². The smallest absolute Gasteiger partial charge is 0.244 e. The van der Waals surface area contributed by atoms with Gasteiger partial charge in [0.2, 0.25) is 21.8 Å². The lowest BCUT2D eigenvalue weighted by molar-refractivity contribution is -0.140. The van der Waals surface area contributed by atoms with Gasteiger partial charge in [-0.15, -0.1) is 0 Å². The number of nitrogens with one attached hydrogen (secondary N) is 1. The fourth-order valence-electron chi connectivity index (χ4n) is 3.52. The van der Waals surface area contributed by atoms with Gasteiger partial charge in [-0.05, 0) is 42.2 Å². The van der Waals surface area contributed by atoms with E-state index in [-0.39, 0.29) is 12.5 Å². The molecule has 0 aliphatic heterocycles. The van der Waals surface area contributed by atoms with Crippen LogP contribution in [0.25, 0.3) is 0 Å². The predicted molar refractivity (Wildman–Crippen MR) is 128 cm³/mol. The molecule has 7 nitrogen and oxygen atoms in total. The van der Waals surface area contributed by atoms with Crippen molar-refractivity contribution in [1.82, 2.24) is 10.2 Å². The number of aryl methyl sites for hydroxylation is 1. The summed E-state index contributed by atoms with van der Waals surface area (Å²) in [7, 11) is -2.24. The van der Waals surface area contributed by atoms with Crippen molar-refractivity contribution in [3.63, 3.8) is 0 Å². The summed E-state index contributed by atoms with van der Waals surface area (Å²) in [5.41, 5.74) is 2.06. The molecule has 1 N–H and O–H groups in total. The van der Waals surface area contributed by atoms with Gasteiger partial charge in [0.05, 0.1) is 11.9 Å². The van der Waals surface area contributed by atoms with Crippen molar-refractivity contribution >= 4 is 39.1 Å². The van der Waals surface area contributed by atoms with Gasteiger partial charge in [0.15, 0.2) is 0 Å². The fourth-order valence-corrected chi connectivity index (χ4v) is 4.53. The highest BCUT2D eigenvalue weighted by Gasteiger charge is 2.31. The van der Waals surface area contributed by atoms with Gasteiger partial charge >= 0.3 is 0 Å². The fraction of sp³-hybridized carbons (Fsp3) is 0.391. The Morgan fingerprint density at radius 3 is 2.22 bits per heavy atom. The predicted octanol–water partition coefficient (Wildman–Crippen LogP) is 3.22. The lowest BCUT2D eigenvalue weighted by atomic mass is 10.1. The van der Waals surface area contributed by atoms with Crippen LogP contribution in [0.15, 0.2) is 48.5 Å². The lowest BCUT2D eigenvalue weighted by Crippen LogP contribution is -2.51. The van der Waals surface area contributed by atoms with Crippen LogP contribution < -0.4 is 9.62 Å². The quantitative estimate of drug-likeness (QED) is 0.566. The van der Waals surface area contributed by atoms with Crippen LogP contribution in [0.3, 0.4) is 0 Å². The molecule has 0 fully saturated rings. The number of likely N-dealkylation sites (N-methyl/N-ethyl adjacent to an activating group) is 1. The Labute approximate surface area is 195 Å². The maximum Gasteiger partial charge on any atom is 0.244 e. The molecule has 0 aromatic heterocycles. The van der Waals surface area contributed by atoms with Crippen molar-refractivity contribution in [3.8, 4) is 0 Å². The topological polar surface area (TPSA) is 86.8 Å². The van der Waals surface area contributed by atoms with Gasteiger partial charge in [-0.25, -0.2) is 8.42 Å². The first kappa shape index (κ1) is 25.7. The van der Waals surface area contributed by atoms with Crippen LogP contribution in [0.4, 0.5) is 5.69 Å². The van der Waals surface area contributed by atoms with E-state index in [1.54, 1.807) is 36.4 Å². The first-order valence-corrected chi connectivity index (χ1v) is 12.7. The molecule has 9 heteroatoms. The summed E-state index contributed by atoms with van der Waals surface area (Å²) in [6.45, 7) is 3.47. The summed E-state index contributed by atoms with van der Waals surface area (Å²) < 4.78 is 26.4. The van der Waals surface area contributed by atoms with E-state index in [1.165, 1.54) is 11.9 Å². The number of amides is 2. The molecule has 174 valence electrons. The average molecular weight is 480 g/mol.